The first-order chi connectivity index (χ1) is 9.88. The second kappa shape index (κ2) is 5.92. The zero-order valence-electron chi connectivity index (χ0n) is 12.4. The lowest BCUT2D eigenvalue weighted by atomic mass is 9.88. The first kappa shape index (κ1) is 16.2. The Bertz CT molecular complexity index is 479. The molecule has 2 rings (SSSR count). The van der Waals surface area contributed by atoms with Crippen LogP contribution in [0.15, 0.2) is 0 Å². The van der Waals surface area contributed by atoms with E-state index in [1.54, 1.807) is 0 Å². The molecular weight excluding hydrogens is 283 g/mol. The van der Waals surface area contributed by atoms with Crippen LogP contribution in [0.1, 0.15) is 44.8 Å². The summed E-state index contributed by atoms with van der Waals surface area (Å²) in [7, 11) is 0. The molecule has 1 atom stereocenters. The van der Waals surface area contributed by atoms with Gasteiger partial charge in [-0.3, -0.25) is 4.90 Å². The van der Waals surface area contributed by atoms with Gasteiger partial charge in [0.1, 0.15) is 5.82 Å². The van der Waals surface area contributed by atoms with E-state index < -0.39 is 12.0 Å². The summed E-state index contributed by atoms with van der Waals surface area (Å²) in [4.78, 5) is 2.17. The normalized spacial score (nSPS) is 19.3. The molecule has 21 heavy (non-hydrogen) atoms. The van der Waals surface area contributed by atoms with E-state index in [0.717, 1.165) is 19.3 Å². The summed E-state index contributed by atoms with van der Waals surface area (Å²) in [6.45, 7) is 5.82. The van der Waals surface area contributed by atoms with Crippen LogP contribution >= 0.6 is 0 Å². The average Bonchev–Trinajstić information content (AvgIpc) is 2.88. The summed E-state index contributed by atoms with van der Waals surface area (Å²) in [5.41, 5.74) is 5.80. The summed E-state index contributed by atoms with van der Waals surface area (Å²) in [5, 5.41) is 7.04. The molecule has 120 valence electrons. The number of nitrogens with zero attached hydrogens (tertiary/aromatic N) is 4. The van der Waals surface area contributed by atoms with Crippen molar-refractivity contribution in [2.75, 3.05) is 13.1 Å². The Morgan fingerprint density at radius 2 is 1.90 bits per heavy atom. The molecule has 1 unspecified atom stereocenters. The Kier molecular flexibility index (Phi) is 4.57. The van der Waals surface area contributed by atoms with Gasteiger partial charge in [-0.1, -0.05) is 20.3 Å². The van der Waals surface area contributed by atoms with Crippen molar-refractivity contribution in [2.24, 2.45) is 5.73 Å². The molecule has 0 bridgehead atoms. The molecular formula is C13H22F3N5. The highest BCUT2D eigenvalue weighted by Crippen LogP contribution is 2.32. The summed E-state index contributed by atoms with van der Waals surface area (Å²) in [6.07, 6.45) is -1.66. The predicted molar refractivity (Wildman–Crippen MR) is 72.4 cm³/mol. The highest BCUT2D eigenvalue weighted by molar-refractivity contribution is 5.05. The molecule has 2 heterocycles. The average molecular weight is 305 g/mol. The maximum absolute atomic E-state index is 12.8. The lowest BCUT2D eigenvalue weighted by molar-refractivity contribution is -0.148. The van der Waals surface area contributed by atoms with Crippen molar-refractivity contribution >= 4 is 0 Å². The van der Waals surface area contributed by atoms with Crippen molar-refractivity contribution in [1.29, 1.82) is 0 Å². The molecule has 1 aromatic rings. The van der Waals surface area contributed by atoms with Crippen LogP contribution in [0.4, 0.5) is 13.2 Å². The second-order valence-corrected chi connectivity index (χ2v) is 5.54. The topological polar surface area (TPSA) is 60.0 Å². The molecule has 1 aliphatic heterocycles. The maximum atomic E-state index is 12.8. The molecule has 2 N–H and O–H groups in total. The Balaban J connectivity index is 2.25. The van der Waals surface area contributed by atoms with Crippen molar-refractivity contribution in [1.82, 2.24) is 19.7 Å². The maximum Gasteiger partial charge on any atom is 0.451 e. The zero-order valence-corrected chi connectivity index (χ0v) is 12.4. The number of aromatic nitrogens is 3. The van der Waals surface area contributed by atoms with Gasteiger partial charge in [-0.25, -0.2) is 0 Å². The molecule has 5 nitrogen and oxygen atoms in total. The molecule has 1 aliphatic rings. The van der Waals surface area contributed by atoms with E-state index >= 15 is 0 Å². The number of rotatable bonds is 5. The fraction of sp³-hybridized carbons (Fsp3) is 0.846. The Labute approximate surface area is 122 Å². The van der Waals surface area contributed by atoms with Crippen LogP contribution in [-0.2, 0) is 19.3 Å². The predicted octanol–water partition coefficient (Wildman–Crippen LogP) is 2.02. The summed E-state index contributed by atoms with van der Waals surface area (Å²) < 4.78 is 39.7. The van der Waals surface area contributed by atoms with E-state index in [0.29, 0.717) is 25.5 Å². The standard InChI is InChI=1S/C13H22F3N5/c1-3-5-12(4-2,9-17)20-6-7-21-10(8-20)18-19-11(21)13(14,15)16/h3-9,17H2,1-2H3. The monoisotopic (exact) mass is 305 g/mol. The molecule has 0 aliphatic carbocycles. The van der Waals surface area contributed by atoms with E-state index in [1.165, 1.54) is 4.57 Å². The van der Waals surface area contributed by atoms with Crippen LogP contribution in [-0.4, -0.2) is 38.3 Å². The summed E-state index contributed by atoms with van der Waals surface area (Å²) >= 11 is 0. The molecule has 0 spiro atoms. The van der Waals surface area contributed by atoms with E-state index in [9.17, 15) is 13.2 Å². The lowest BCUT2D eigenvalue weighted by Crippen LogP contribution is -2.55. The van der Waals surface area contributed by atoms with Gasteiger partial charge in [0.2, 0.25) is 5.82 Å². The second-order valence-electron chi connectivity index (χ2n) is 5.54. The van der Waals surface area contributed by atoms with E-state index in [-0.39, 0.29) is 12.1 Å². The number of hydrogen-bond acceptors (Lipinski definition) is 4. The van der Waals surface area contributed by atoms with Crippen LogP contribution in [0.2, 0.25) is 0 Å². The summed E-state index contributed by atoms with van der Waals surface area (Å²) in [6, 6.07) is 0. The third-order valence-electron chi connectivity index (χ3n) is 4.43. The highest BCUT2D eigenvalue weighted by Gasteiger charge is 2.42. The molecule has 0 saturated carbocycles. The van der Waals surface area contributed by atoms with Crippen molar-refractivity contribution in [3.8, 4) is 0 Å². The minimum Gasteiger partial charge on any atom is -0.329 e. The first-order valence-corrected chi connectivity index (χ1v) is 7.32. The third-order valence-corrected chi connectivity index (χ3v) is 4.43. The van der Waals surface area contributed by atoms with Gasteiger partial charge in [-0.2, -0.15) is 13.2 Å². The first-order valence-electron chi connectivity index (χ1n) is 7.32. The van der Waals surface area contributed by atoms with Gasteiger partial charge in [0, 0.05) is 25.2 Å². The highest BCUT2D eigenvalue weighted by atomic mass is 19.4. The van der Waals surface area contributed by atoms with Gasteiger partial charge in [0.15, 0.2) is 0 Å². The Morgan fingerprint density at radius 3 is 2.43 bits per heavy atom. The Hall–Kier alpha value is -1.15. The number of fused-ring (bicyclic) bond motifs is 1. The SMILES string of the molecule is CCCC(CC)(CN)N1CCn2c(nnc2C(F)(F)F)C1. The van der Waals surface area contributed by atoms with Gasteiger partial charge in [0.05, 0.1) is 6.54 Å². The van der Waals surface area contributed by atoms with Gasteiger partial charge >= 0.3 is 6.18 Å². The van der Waals surface area contributed by atoms with E-state index in [4.69, 9.17) is 5.73 Å². The van der Waals surface area contributed by atoms with Crippen molar-refractivity contribution in [3.05, 3.63) is 11.6 Å². The van der Waals surface area contributed by atoms with Crippen LogP contribution in [0.3, 0.4) is 0 Å². The fourth-order valence-electron chi connectivity index (χ4n) is 3.17. The minimum absolute atomic E-state index is 0.162. The van der Waals surface area contributed by atoms with Gasteiger partial charge in [0.25, 0.3) is 0 Å². The molecule has 1 aromatic heterocycles. The molecule has 0 aromatic carbocycles. The largest absolute Gasteiger partial charge is 0.451 e. The van der Waals surface area contributed by atoms with Gasteiger partial charge < -0.3 is 10.3 Å². The van der Waals surface area contributed by atoms with Crippen LogP contribution in [0, 0.1) is 0 Å². The van der Waals surface area contributed by atoms with Crippen molar-refractivity contribution in [2.45, 2.75) is 57.9 Å². The molecule has 0 radical (unpaired) electrons. The van der Waals surface area contributed by atoms with Crippen LogP contribution < -0.4 is 5.73 Å². The smallest absolute Gasteiger partial charge is 0.329 e. The van der Waals surface area contributed by atoms with Gasteiger partial charge in [-0.15, -0.1) is 10.2 Å². The minimum atomic E-state index is -4.45. The quantitative estimate of drug-likeness (QED) is 0.904. The van der Waals surface area contributed by atoms with Gasteiger partial charge in [-0.05, 0) is 12.8 Å². The van der Waals surface area contributed by atoms with E-state index in [2.05, 4.69) is 28.9 Å². The fourth-order valence-corrected chi connectivity index (χ4v) is 3.17. The number of hydrogen-bond donors (Lipinski definition) is 1. The zero-order chi connectivity index (χ0) is 15.7. The summed E-state index contributed by atoms with van der Waals surface area (Å²) in [5.74, 6) is -0.529. The van der Waals surface area contributed by atoms with E-state index in [1.807, 2.05) is 0 Å². The number of alkyl halides is 3. The third kappa shape index (κ3) is 2.91. The molecule has 8 heteroatoms. The van der Waals surface area contributed by atoms with Crippen molar-refractivity contribution < 1.29 is 13.2 Å². The molecule has 0 saturated heterocycles. The Morgan fingerprint density at radius 1 is 1.19 bits per heavy atom. The van der Waals surface area contributed by atoms with Crippen molar-refractivity contribution in [3.63, 3.8) is 0 Å². The van der Waals surface area contributed by atoms with Crippen LogP contribution in [0.5, 0.6) is 0 Å². The molecule has 0 amide bonds. The number of halogens is 3. The lowest BCUT2D eigenvalue weighted by Gasteiger charge is -2.44. The number of nitrogens with two attached hydrogens (primary N) is 1. The van der Waals surface area contributed by atoms with Crippen LogP contribution in [0.25, 0.3) is 0 Å². The molecule has 0 fully saturated rings.